The smallest absolute Gasteiger partial charge is 0.313 e. The van der Waals surface area contributed by atoms with E-state index in [1.54, 1.807) is 9.80 Å². The molecular formula is C21H29N3O4. The van der Waals surface area contributed by atoms with Gasteiger partial charge >= 0.3 is 11.8 Å². The van der Waals surface area contributed by atoms with Gasteiger partial charge in [-0.3, -0.25) is 14.4 Å². The fraction of sp³-hybridized carbons (Fsp3) is 0.571. The fourth-order valence-electron chi connectivity index (χ4n) is 3.85. The third kappa shape index (κ3) is 4.35. The van der Waals surface area contributed by atoms with Crippen LogP contribution < -0.4 is 0 Å². The zero-order valence-electron chi connectivity index (χ0n) is 16.4. The topological polar surface area (TPSA) is 81.2 Å². The number of benzene rings is 1. The van der Waals surface area contributed by atoms with Gasteiger partial charge in [0.15, 0.2) is 0 Å². The Morgan fingerprint density at radius 1 is 1.07 bits per heavy atom. The molecule has 0 saturated carbocycles. The Hall–Kier alpha value is -2.41. The molecule has 1 aromatic carbocycles. The van der Waals surface area contributed by atoms with E-state index >= 15 is 0 Å². The number of carbonyl (C=O) groups is 3. The molecule has 7 heteroatoms. The molecule has 0 bridgehead atoms. The molecule has 3 rings (SSSR count). The molecule has 0 aromatic heterocycles. The molecule has 1 N–H and O–H groups in total. The van der Waals surface area contributed by atoms with Crippen molar-refractivity contribution in [1.29, 1.82) is 0 Å². The van der Waals surface area contributed by atoms with Crippen molar-refractivity contribution in [1.82, 2.24) is 14.7 Å². The highest BCUT2D eigenvalue weighted by Crippen LogP contribution is 2.27. The molecule has 0 aliphatic carbocycles. The van der Waals surface area contributed by atoms with Crippen LogP contribution in [0.3, 0.4) is 0 Å². The number of piperidine rings is 1. The van der Waals surface area contributed by atoms with Gasteiger partial charge in [0.2, 0.25) is 5.91 Å². The molecule has 152 valence electrons. The normalized spacial score (nSPS) is 19.9. The quantitative estimate of drug-likeness (QED) is 0.744. The number of rotatable bonds is 6. The maximum Gasteiger partial charge on any atom is 0.313 e. The van der Waals surface area contributed by atoms with Crippen molar-refractivity contribution in [3.63, 3.8) is 0 Å². The van der Waals surface area contributed by atoms with Gasteiger partial charge in [-0.25, -0.2) is 0 Å². The van der Waals surface area contributed by atoms with Crippen LogP contribution in [-0.4, -0.2) is 76.4 Å². The summed E-state index contributed by atoms with van der Waals surface area (Å²) in [6.45, 7) is 4.32. The number of aliphatic hydroxyl groups is 1. The predicted molar refractivity (Wildman–Crippen MR) is 104 cm³/mol. The molecule has 2 aliphatic rings. The van der Waals surface area contributed by atoms with Crippen LogP contribution in [-0.2, 0) is 14.4 Å². The summed E-state index contributed by atoms with van der Waals surface area (Å²) < 4.78 is 0. The van der Waals surface area contributed by atoms with E-state index < -0.39 is 17.9 Å². The fourth-order valence-corrected chi connectivity index (χ4v) is 3.85. The molecule has 0 radical (unpaired) electrons. The maximum atomic E-state index is 13.3. The Kier molecular flexibility index (Phi) is 6.67. The number of hydrogen-bond donors (Lipinski definition) is 1. The van der Waals surface area contributed by atoms with E-state index in [4.69, 9.17) is 0 Å². The van der Waals surface area contributed by atoms with E-state index in [-0.39, 0.29) is 12.0 Å². The lowest BCUT2D eigenvalue weighted by Gasteiger charge is -2.40. The molecule has 28 heavy (non-hydrogen) atoms. The predicted octanol–water partition coefficient (Wildman–Crippen LogP) is 1.18. The van der Waals surface area contributed by atoms with Crippen molar-refractivity contribution in [3.05, 3.63) is 35.9 Å². The van der Waals surface area contributed by atoms with Crippen molar-refractivity contribution in [2.24, 2.45) is 0 Å². The molecule has 1 aromatic rings. The Balaban J connectivity index is 1.83. The molecule has 2 fully saturated rings. The van der Waals surface area contributed by atoms with Gasteiger partial charge in [0.25, 0.3) is 0 Å². The lowest BCUT2D eigenvalue weighted by Crippen LogP contribution is -2.58. The van der Waals surface area contributed by atoms with Crippen LogP contribution in [0.4, 0.5) is 0 Å². The number of amides is 3. The van der Waals surface area contributed by atoms with Gasteiger partial charge in [-0.15, -0.1) is 0 Å². The highest BCUT2D eigenvalue weighted by Gasteiger charge is 2.41. The van der Waals surface area contributed by atoms with Gasteiger partial charge in [0, 0.05) is 32.7 Å². The molecule has 2 aliphatic heterocycles. The average Bonchev–Trinajstić information content (AvgIpc) is 2.72. The second-order valence-corrected chi connectivity index (χ2v) is 7.51. The summed E-state index contributed by atoms with van der Waals surface area (Å²) in [4.78, 5) is 43.5. The third-order valence-corrected chi connectivity index (χ3v) is 5.56. The Morgan fingerprint density at radius 3 is 2.39 bits per heavy atom. The first kappa shape index (κ1) is 20.3. The molecular weight excluding hydrogens is 358 g/mol. The average molecular weight is 387 g/mol. The minimum atomic E-state index is -0.804. The van der Waals surface area contributed by atoms with Crippen LogP contribution in [0.1, 0.15) is 44.2 Å². The van der Waals surface area contributed by atoms with Gasteiger partial charge in [0.1, 0.15) is 6.04 Å². The number of aliphatic hydroxyl groups excluding tert-OH is 1. The first-order valence-corrected chi connectivity index (χ1v) is 10.1. The zero-order valence-corrected chi connectivity index (χ0v) is 16.4. The molecule has 2 saturated heterocycles. The molecule has 0 unspecified atom stereocenters. The summed E-state index contributed by atoms with van der Waals surface area (Å²) in [5.41, 5.74) is 0.710. The Bertz CT molecular complexity index is 701. The van der Waals surface area contributed by atoms with Crippen molar-refractivity contribution >= 4 is 17.7 Å². The zero-order chi connectivity index (χ0) is 20.1. The van der Waals surface area contributed by atoms with Crippen LogP contribution in [0.25, 0.3) is 0 Å². The van der Waals surface area contributed by atoms with Crippen LogP contribution in [0, 0.1) is 0 Å². The van der Waals surface area contributed by atoms with Gasteiger partial charge in [-0.1, -0.05) is 43.7 Å². The molecule has 0 spiro atoms. The lowest BCUT2D eigenvalue weighted by molar-refractivity contribution is -0.161. The maximum absolute atomic E-state index is 13.3. The number of nitrogens with zero attached hydrogens (tertiary/aromatic N) is 3. The van der Waals surface area contributed by atoms with Crippen LogP contribution >= 0.6 is 0 Å². The van der Waals surface area contributed by atoms with Crippen molar-refractivity contribution in [2.45, 2.75) is 44.8 Å². The second-order valence-electron chi connectivity index (χ2n) is 7.51. The van der Waals surface area contributed by atoms with Gasteiger partial charge < -0.3 is 19.8 Å². The number of piperazine rings is 1. The van der Waals surface area contributed by atoms with Crippen LogP contribution in [0.15, 0.2) is 30.3 Å². The van der Waals surface area contributed by atoms with Gasteiger partial charge in [-0.2, -0.15) is 0 Å². The molecule has 2 heterocycles. The van der Waals surface area contributed by atoms with E-state index in [0.717, 1.165) is 12.8 Å². The highest BCUT2D eigenvalue weighted by atomic mass is 16.3. The Morgan fingerprint density at radius 2 is 1.75 bits per heavy atom. The monoisotopic (exact) mass is 387 g/mol. The largest absolute Gasteiger partial charge is 0.393 e. The molecule has 3 amide bonds. The number of hydrogen-bond acceptors (Lipinski definition) is 4. The summed E-state index contributed by atoms with van der Waals surface area (Å²) in [7, 11) is 0. The third-order valence-electron chi connectivity index (χ3n) is 5.56. The van der Waals surface area contributed by atoms with Crippen LogP contribution in [0.5, 0.6) is 0 Å². The number of likely N-dealkylation sites (tertiary alicyclic amines) is 1. The Labute approximate surface area is 165 Å². The minimum absolute atomic E-state index is 0.179. The van der Waals surface area contributed by atoms with E-state index in [9.17, 15) is 19.5 Å². The minimum Gasteiger partial charge on any atom is -0.393 e. The molecule has 1 atom stereocenters. The lowest BCUT2D eigenvalue weighted by atomic mass is 10.00. The first-order chi connectivity index (χ1) is 13.5. The first-order valence-electron chi connectivity index (χ1n) is 10.1. The summed E-state index contributed by atoms with van der Waals surface area (Å²) in [5.74, 6) is -1.31. The summed E-state index contributed by atoms with van der Waals surface area (Å²) >= 11 is 0. The van der Waals surface area contributed by atoms with E-state index in [2.05, 4.69) is 0 Å². The van der Waals surface area contributed by atoms with Gasteiger partial charge in [0.05, 0.1) is 6.10 Å². The van der Waals surface area contributed by atoms with E-state index in [1.165, 1.54) is 4.90 Å². The number of unbranched alkanes of at least 4 members (excludes halogenated alkanes) is 1. The number of carbonyl (C=O) groups excluding carboxylic acids is 3. The van der Waals surface area contributed by atoms with Crippen LogP contribution in [0.2, 0.25) is 0 Å². The van der Waals surface area contributed by atoms with Crippen molar-refractivity contribution < 1.29 is 19.5 Å². The molecule has 7 nitrogen and oxygen atoms in total. The summed E-state index contributed by atoms with van der Waals surface area (Å²) in [6.07, 6.45) is 2.49. The SMILES string of the molecule is CCCCN1CCN([C@H](C(=O)N2CCC(O)CC2)c2ccccc2)C(=O)C1=O. The van der Waals surface area contributed by atoms with Crippen molar-refractivity contribution in [3.8, 4) is 0 Å². The van der Waals surface area contributed by atoms with E-state index in [1.807, 2.05) is 37.3 Å². The summed E-state index contributed by atoms with van der Waals surface area (Å²) in [6, 6.07) is 8.36. The highest BCUT2D eigenvalue weighted by molar-refractivity contribution is 6.35. The second kappa shape index (κ2) is 9.19. The van der Waals surface area contributed by atoms with Crippen molar-refractivity contribution in [2.75, 3.05) is 32.7 Å². The standard InChI is InChI=1S/C21H29N3O4/c1-2-3-11-22-14-15-24(21(28)20(22)27)18(16-7-5-4-6-8-16)19(26)23-12-9-17(25)10-13-23/h4-8,17-18,25H,2-3,9-15H2,1H3/t18-/m0/s1. The van der Waals surface area contributed by atoms with Gasteiger partial charge in [-0.05, 0) is 24.8 Å². The van der Waals surface area contributed by atoms with E-state index in [0.29, 0.717) is 51.1 Å². The summed E-state index contributed by atoms with van der Waals surface area (Å²) in [5, 5.41) is 9.74.